The van der Waals surface area contributed by atoms with Gasteiger partial charge in [-0.3, -0.25) is 9.36 Å². The Balaban J connectivity index is 1.82. The minimum Gasteiger partial charge on any atom is -0.382 e. The molecule has 0 radical (unpaired) electrons. The van der Waals surface area contributed by atoms with Gasteiger partial charge in [-0.15, -0.1) is 10.2 Å². The number of amides is 1. The molecule has 4 rings (SSSR count). The normalized spacial score (nSPS) is 13.2. The maximum Gasteiger partial charge on any atom is 0.420 e. The van der Waals surface area contributed by atoms with E-state index in [1.807, 2.05) is 0 Å². The molecule has 0 aliphatic rings. The van der Waals surface area contributed by atoms with Crippen molar-refractivity contribution in [3.63, 3.8) is 0 Å². The smallest absolute Gasteiger partial charge is 0.382 e. The van der Waals surface area contributed by atoms with Crippen LogP contribution in [0.3, 0.4) is 0 Å². The number of aliphatic hydroxyl groups excluding tert-OH is 1. The molecule has 0 spiro atoms. The van der Waals surface area contributed by atoms with Crippen molar-refractivity contribution in [2.45, 2.75) is 37.7 Å². The molecule has 21 heteroatoms. The molecule has 3 heterocycles. The van der Waals surface area contributed by atoms with Gasteiger partial charge in [-0.2, -0.15) is 44.2 Å². The van der Waals surface area contributed by atoms with Gasteiger partial charge in [0.1, 0.15) is 18.7 Å². The third kappa shape index (κ3) is 7.36. The summed E-state index contributed by atoms with van der Waals surface area (Å²) in [4.78, 5) is 32.9. The first-order valence-electron chi connectivity index (χ1n) is 11.9. The van der Waals surface area contributed by atoms with E-state index in [1.165, 1.54) is 29.6 Å². The zero-order valence-electron chi connectivity index (χ0n) is 21.4. The van der Waals surface area contributed by atoms with E-state index in [2.05, 4.69) is 20.2 Å². The van der Waals surface area contributed by atoms with Crippen molar-refractivity contribution in [3.8, 4) is 17.2 Å². The van der Waals surface area contributed by atoms with E-state index in [4.69, 9.17) is 11.6 Å². The molecular weight excluding hydrogens is 643 g/mol. The number of nitrogens with zero attached hydrogens (tertiary/aromatic N) is 7. The molecule has 0 unspecified atom stereocenters. The highest BCUT2D eigenvalue weighted by molar-refractivity contribution is 6.30. The van der Waals surface area contributed by atoms with Crippen LogP contribution in [0.4, 0.5) is 39.5 Å². The number of pyridine rings is 1. The number of halogens is 10. The van der Waals surface area contributed by atoms with Gasteiger partial charge in [0, 0.05) is 16.8 Å². The second-order valence-corrected chi connectivity index (χ2v) is 9.31. The highest BCUT2D eigenvalue weighted by Crippen LogP contribution is 2.33. The maximum atomic E-state index is 13.7. The van der Waals surface area contributed by atoms with Crippen molar-refractivity contribution >= 4 is 17.5 Å². The summed E-state index contributed by atoms with van der Waals surface area (Å²) in [6.07, 6.45) is -17.3. The summed E-state index contributed by atoms with van der Waals surface area (Å²) in [6, 6.07) is 6.68. The average Bonchev–Trinajstić information content (AvgIpc) is 3.48. The van der Waals surface area contributed by atoms with E-state index in [9.17, 15) is 54.2 Å². The number of carbonyl (C=O) groups excluding carboxylic acids is 1. The topological polar surface area (TPSA) is 133 Å². The Morgan fingerprint density at radius 3 is 2.25 bits per heavy atom. The van der Waals surface area contributed by atoms with Gasteiger partial charge in [0.15, 0.2) is 23.6 Å². The number of hydrogen-bond donors (Lipinski definition) is 2. The predicted molar refractivity (Wildman–Crippen MR) is 131 cm³/mol. The standard InChI is InChI=1S/C23H16ClF9N8O3/c24-12-5-3-11(4-6-12)16-38-40(20(44)39(16)8-14(42)23(31,32)33)9-15-36-18(19(43)35-10-21(25,26)27)41(37-15)17-13(22(28,29)30)2-1-7-34-17/h1-7,14,42H,8-10H2,(H,35,43)/t14-/m0/s1. The van der Waals surface area contributed by atoms with Crippen LogP contribution in [0.5, 0.6) is 0 Å². The molecule has 0 saturated carbocycles. The van der Waals surface area contributed by atoms with Crippen LogP contribution in [0.2, 0.25) is 5.02 Å². The number of carbonyl (C=O) groups is 1. The summed E-state index contributed by atoms with van der Waals surface area (Å²) in [5.41, 5.74) is -2.66. The Morgan fingerprint density at radius 2 is 1.66 bits per heavy atom. The lowest BCUT2D eigenvalue weighted by Crippen LogP contribution is -2.37. The third-order valence-corrected chi connectivity index (χ3v) is 5.90. The first-order valence-corrected chi connectivity index (χ1v) is 12.2. The Hall–Kier alpha value is -4.46. The predicted octanol–water partition coefficient (Wildman–Crippen LogP) is 3.62. The molecule has 1 aromatic carbocycles. The van der Waals surface area contributed by atoms with Crippen LogP contribution < -0.4 is 11.0 Å². The molecular formula is C23H16ClF9N8O3. The third-order valence-electron chi connectivity index (χ3n) is 5.65. The molecule has 0 aliphatic carbocycles. The fraction of sp³-hybridized carbons (Fsp3) is 0.304. The Bertz CT molecular complexity index is 1710. The quantitative estimate of drug-likeness (QED) is 0.277. The maximum absolute atomic E-state index is 13.7. The van der Waals surface area contributed by atoms with Gasteiger partial charge in [0.25, 0.3) is 5.91 Å². The van der Waals surface area contributed by atoms with E-state index in [-0.39, 0.29) is 15.3 Å². The molecule has 1 amide bonds. The Morgan fingerprint density at radius 1 is 1.00 bits per heavy atom. The van der Waals surface area contributed by atoms with Crippen LogP contribution in [-0.4, -0.2) is 70.1 Å². The molecule has 44 heavy (non-hydrogen) atoms. The molecule has 11 nitrogen and oxygen atoms in total. The lowest BCUT2D eigenvalue weighted by molar-refractivity contribution is -0.207. The Kier molecular flexibility index (Phi) is 8.78. The second kappa shape index (κ2) is 11.9. The summed E-state index contributed by atoms with van der Waals surface area (Å²) < 4.78 is 120. The SMILES string of the molecule is O=C(NCC(F)(F)F)c1nc(Cn2nc(-c3ccc(Cl)cc3)n(C[C@H](O)C(F)(F)F)c2=O)nn1-c1ncccc1C(F)(F)F. The summed E-state index contributed by atoms with van der Waals surface area (Å²) in [5.74, 6) is -4.82. The van der Waals surface area contributed by atoms with Crippen molar-refractivity contribution < 1.29 is 49.4 Å². The molecule has 1 atom stereocenters. The number of benzene rings is 1. The zero-order chi connectivity index (χ0) is 32.6. The van der Waals surface area contributed by atoms with Crippen LogP contribution in [-0.2, 0) is 19.3 Å². The highest BCUT2D eigenvalue weighted by atomic mass is 35.5. The van der Waals surface area contributed by atoms with Crippen LogP contribution in [0.15, 0.2) is 47.4 Å². The second-order valence-electron chi connectivity index (χ2n) is 8.87. The van der Waals surface area contributed by atoms with Crippen molar-refractivity contribution in [1.82, 2.24) is 39.4 Å². The van der Waals surface area contributed by atoms with Gasteiger partial charge >= 0.3 is 24.2 Å². The minimum atomic E-state index is -5.14. The monoisotopic (exact) mass is 658 g/mol. The molecule has 236 valence electrons. The number of hydrogen-bond acceptors (Lipinski definition) is 7. The van der Waals surface area contributed by atoms with E-state index < -0.39 is 84.7 Å². The number of aliphatic hydroxyl groups is 1. The van der Waals surface area contributed by atoms with Crippen molar-refractivity contribution in [2.75, 3.05) is 6.54 Å². The first kappa shape index (κ1) is 32.5. The van der Waals surface area contributed by atoms with Crippen LogP contribution in [0.1, 0.15) is 22.0 Å². The first-order chi connectivity index (χ1) is 20.3. The minimum absolute atomic E-state index is 0.0636. The van der Waals surface area contributed by atoms with E-state index in [0.717, 1.165) is 12.3 Å². The van der Waals surface area contributed by atoms with Crippen molar-refractivity contribution in [3.05, 3.63) is 75.3 Å². The highest BCUT2D eigenvalue weighted by Gasteiger charge is 2.40. The molecule has 0 aliphatic heterocycles. The summed E-state index contributed by atoms with van der Waals surface area (Å²) in [6.45, 7) is -4.11. The van der Waals surface area contributed by atoms with Gasteiger partial charge in [0.05, 0.1) is 6.54 Å². The number of rotatable bonds is 8. The molecule has 3 aromatic heterocycles. The van der Waals surface area contributed by atoms with Gasteiger partial charge in [0.2, 0.25) is 5.82 Å². The van der Waals surface area contributed by atoms with Crippen LogP contribution in [0.25, 0.3) is 17.2 Å². The van der Waals surface area contributed by atoms with Gasteiger partial charge in [-0.05, 0) is 36.4 Å². The fourth-order valence-electron chi connectivity index (χ4n) is 3.69. The van der Waals surface area contributed by atoms with Gasteiger partial charge in [-0.1, -0.05) is 11.6 Å². The number of alkyl halides is 9. The van der Waals surface area contributed by atoms with Crippen LogP contribution >= 0.6 is 11.6 Å². The van der Waals surface area contributed by atoms with Gasteiger partial charge in [-0.25, -0.2) is 19.4 Å². The molecule has 4 aromatic rings. The van der Waals surface area contributed by atoms with Crippen molar-refractivity contribution in [1.29, 1.82) is 0 Å². The molecule has 0 bridgehead atoms. The van der Waals surface area contributed by atoms with E-state index in [1.54, 1.807) is 0 Å². The van der Waals surface area contributed by atoms with Crippen LogP contribution in [0, 0.1) is 0 Å². The summed E-state index contributed by atoms with van der Waals surface area (Å²) in [7, 11) is 0. The average molecular weight is 659 g/mol. The molecule has 0 fully saturated rings. The molecule has 0 saturated heterocycles. The van der Waals surface area contributed by atoms with Gasteiger partial charge < -0.3 is 10.4 Å². The fourth-order valence-corrected chi connectivity index (χ4v) is 3.82. The number of nitrogens with one attached hydrogen (secondary N) is 1. The Labute approximate surface area is 243 Å². The summed E-state index contributed by atoms with van der Waals surface area (Å²) in [5, 5.41) is 18.9. The van der Waals surface area contributed by atoms with E-state index >= 15 is 0 Å². The zero-order valence-corrected chi connectivity index (χ0v) is 22.2. The molecule has 2 N–H and O–H groups in total. The summed E-state index contributed by atoms with van der Waals surface area (Å²) >= 11 is 5.83. The van der Waals surface area contributed by atoms with Crippen molar-refractivity contribution in [2.24, 2.45) is 0 Å². The largest absolute Gasteiger partial charge is 0.420 e. The van der Waals surface area contributed by atoms with E-state index in [0.29, 0.717) is 15.3 Å². The lowest BCUT2D eigenvalue weighted by Gasteiger charge is -2.15. The number of aromatic nitrogens is 7. The lowest BCUT2D eigenvalue weighted by atomic mass is 10.2.